The third kappa shape index (κ3) is 2.44. The highest BCUT2D eigenvalue weighted by atomic mass is 32.1. The number of pyridine rings is 1. The molecule has 0 radical (unpaired) electrons. The Balaban J connectivity index is 2.05. The molecule has 0 atom stereocenters. The summed E-state index contributed by atoms with van der Waals surface area (Å²) in [5.74, 6) is 0.134. The zero-order chi connectivity index (χ0) is 17.1. The van der Waals surface area contributed by atoms with Crippen molar-refractivity contribution in [2.45, 2.75) is 34.1 Å². The zero-order valence-corrected chi connectivity index (χ0v) is 15.3. The van der Waals surface area contributed by atoms with E-state index in [1.165, 1.54) is 26.4 Å². The largest absolute Gasteiger partial charge is 0.492 e. The van der Waals surface area contributed by atoms with Gasteiger partial charge in [0, 0.05) is 21.7 Å². The number of aromatic nitrogens is 1. The maximum Gasteiger partial charge on any atom is 0.229 e. The molecule has 0 aliphatic rings. The Labute approximate surface area is 145 Å². The van der Waals surface area contributed by atoms with Crippen molar-refractivity contribution in [2.75, 3.05) is 0 Å². The summed E-state index contributed by atoms with van der Waals surface area (Å²) in [4.78, 5) is 4.10. The minimum absolute atomic E-state index is 0.134. The van der Waals surface area contributed by atoms with Crippen molar-refractivity contribution in [3.63, 3.8) is 0 Å². The van der Waals surface area contributed by atoms with Crippen LogP contribution in [-0.2, 0) is 6.42 Å². The van der Waals surface area contributed by atoms with Gasteiger partial charge < -0.3 is 5.11 Å². The first-order valence-electron chi connectivity index (χ1n) is 8.26. The zero-order valence-electron chi connectivity index (χ0n) is 14.5. The molecule has 0 saturated heterocycles. The lowest BCUT2D eigenvalue weighted by atomic mass is 9.87. The van der Waals surface area contributed by atoms with Crippen molar-refractivity contribution in [2.24, 2.45) is 5.41 Å². The Morgan fingerprint density at radius 1 is 1.08 bits per heavy atom. The van der Waals surface area contributed by atoms with E-state index in [0.29, 0.717) is 0 Å². The van der Waals surface area contributed by atoms with Crippen molar-refractivity contribution >= 4 is 42.3 Å². The lowest BCUT2D eigenvalue weighted by Crippen LogP contribution is -2.08. The van der Waals surface area contributed by atoms with Gasteiger partial charge in [0.1, 0.15) is 0 Å². The van der Waals surface area contributed by atoms with Crippen LogP contribution in [0.15, 0.2) is 36.5 Å². The lowest BCUT2D eigenvalue weighted by molar-refractivity contribution is 0.411. The third-order valence-electron chi connectivity index (χ3n) is 4.45. The van der Waals surface area contributed by atoms with E-state index in [-0.39, 0.29) is 11.3 Å². The Kier molecular flexibility index (Phi) is 3.33. The van der Waals surface area contributed by atoms with Gasteiger partial charge in [-0.2, -0.15) is 0 Å². The van der Waals surface area contributed by atoms with E-state index in [2.05, 4.69) is 63.0 Å². The normalized spacial score (nSPS) is 12.5. The molecule has 0 bridgehead atoms. The average Bonchev–Trinajstić information content (AvgIpc) is 2.90. The van der Waals surface area contributed by atoms with E-state index < -0.39 is 0 Å². The summed E-state index contributed by atoms with van der Waals surface area (Å²) in [6, 6.07) is 11.1. The number of nitrogens with zero attached hydrogens (tertiary/aromatic N) is 1. The van der Waals surface area contributed by atoms with Gasteiger partial charge in [-0.3, -0.25) is 0 Å². The van der Waals surface area contributed by atoms with Crippen molar-refractivity contribution in [3.05, 3.63) is 47.7 Å². The fraction of sp³-hybridized carbons (Fsp3) is 0.286. The first-order chi connectivity index (χ1) is 11.3. The molecule has 2 nitrogen and oxygen atoms in total. The summed E-state index contributed by atoms with van der Waals surface area (Å²) < 4.78 is 2.09. The number of aromatic hydroxyl groups is 1. The summed E-state index contributed by atoms with van der Waals surface area (Å²) in [5.41, 5.74) is 2.76. The third-order valence-corrected chi connectivity index (χ3v) is 5.60. The Bertz CT molecular complexity index is 1090. The van der Waals surface area contributed by atoms with Crippen LogP contribution in [0, 0.1) is 12.3 Å². The van der Waals surface area contributed by atoms with E-state index in [9.17, 15) is 5.11 Å². The van der Waals surface area contributed by atoms with Crippen LogP contribution < -0.4 is 0 Å². The monoisotopic (exact) mass is 335 g/mol. The van der Waals surface area contributed by atoms with Crippen LogP contribution in [0.2, 0.25) is 0 Å². The number of rotatable bonds is 1. The van der Waals surface area contributed by atoms with E-state index in [4.69, 9.17) is 0 Å². The number of thiophene rings is 1. The fourth-order valence-electron chi connectivity index (χ4n) is 3.51. The van der Waals surface area contributed by atoms with E-state index in [0.717, 1.165) is 22.1 Å². The Morgan fingerprint density at radius 3 is 2.62 bits per heavy atom. The molecule has 0 amide bonds. The van der Waals surface area contributed by atoms with Crippen molar-refractivity contribution in [3.8, 4) is 5.88 Å². The Hall–Kier alpha value is -2.13. The van der Waals surface area contributed by atoms with Crippen LogP contribution >= 0.6 is 11.3 Å². The highest BCUT2D eigenvalue weighted by Gasteiger charge is 2.16. The van der Waals surface area contributed by atoms with E-state index in [1.807, 2.05) is 0 Å². The van der Waals surface area contributed by atoms with Crippen LogP contribution in [0.1, 0.15) is 31.9 Å². The minimum Gasteiger partial charge on any atom is -0.492 e. The first-order valence-corrected chi connectivity index (χ1v) is 9.07. The molecular formula is C21H21NOS. The SMILES string of the molecule is Cc1cnc(O)c2sc3ccc4cc(CC(C)(C)C)ccc4c3c12. The Morgan fingerprint density at radius 2 is 1.88 bits per heavy atom. The van der Waals surface area contributed by atoms with Crippen LogP contribution in [0.25, 0.3) is 30.9 Å². The van der Waals surface area contributed by atoms with Gasteiger partial charge in [-0.15, -0.1) is 11.3 Å². The van der Waals surface area contributed by atoms with Crippen molar-refractivity contribution < 1.29 is 5.11 Å². The molecular weight excluding hydrogens is 314 g/mol. The molecule has 4 aromatic rings. The van der Waals surface area contributed by atoms with Crippen molar-refractivity contribution in [1.29, 1.82) is 0 Å². The number of benzene rings is 2. The summed E-state index contributed by atoms with van der Waals surface area (Å²) in [6.07, 6.45) is 2.83. The van der Waals surface area contributed by atoms with E-state index >= 15 is 0 Å². The smallest absolute Gasteiger partial charge is 0.229 e. The second-order valence-electron chi connectivity index (χ2n) is 7.80. The molecule has 0 aliphatic carbocycles. The molecule has 2 aromatic heterocycles. The molecule has 0 unspecified atom stereocenters. The molecule has 3 heteroatoms. The maximum atomic E-state index is 10.1. The van der Waals surface area contributed by atoms with Gasteiger partial charge in [-0.1, -0.05) is 45.0 Å². The molecule has 0 fully saturated rings. The first kappa shape index (κ1) is 15.4. The summed E-state index contributed by atoms with van der Waals surface area (Å²) in [5, 5.41) is 15.0. The molecule has 122 valence electrons. The highest BCUT2D eigenvalue weighted by Crippen LogP contribution is 2.42. The predicted octanol–water partition coefficient (Wildman–Crippen LogP) is 6.21. The summed E-state index contributed by atoms with van der Waals surface area (Å²) >= 11 is 1.62. The topological polar surface area (TPSA) is 33.1 Å². The van der Waals surface area contributed by atoms with Gasteiger partial charge in [0.15, 0.2) is 0 Å². The van der Waals surface area contributed by atoms with Crippen molar-refractivity contribution in [1.82, 2.24) is 4.98 Å². The van der Waals surface area contributed by atoms with Crippen LogP contribution in [0.4, 0.5) is 0 Å². The van der Waals surface area contributed by atoms with E-state index in [1.54, 1.807) is 17.5 Å². The highest BCUT2D eigenvalue weighted by molar-refractivity contribution is 7.26. The minimum atomic E-state index is 0.134. The predicted molar refractivity (Wildman–Crippen MR) is 104 cm³/mol. The average molecular weight is 335 g/mol. The molecule has 1 N–H and O–H groups in total. The standard InChI is InChI=1S/C21H21NOS/c1-12-11-22-20(23)19-17(12)18-15-7-5-13(10-21(2,3)4)9-14(15)6-8-16(18)24-19/h5-9,11H,10H2,1-4H3,(H,22,23). The number of aryl methyl sites for hydroxylation is 1. The summed E-state index contributed by atoms with van der Waals surface area (Å²) in [6.45, 7) is 8.87. The van der Waals surface area contributed by atoms with Gasteiger partial charge in [0.2, 0.25) is 5.88 Å². The van der Waals surface area contributed by atoms with Crippen LogP contribution in [0.5, 0.6) is 5.88 Å². The van der Waals surface area contributed by atoms with Crippen LogP contribution in [0.3, 0.4) is 0 Å². The van der Waals surface area contributed by atoms with Gasteiger partial charge in [-0.25, -0.2) is 4.98 Å². The van der Waals surface area contributed by atoms with Gasteiger partial charge in [-0.05, 0) is 46.7 Å². The molecule has 2 aromatic carbocycles. The molecule has 4 rings (SSSR count). The quantitative estimate of drug-likeness (QED) is 0.449. The lowest BCUT2D eigenvalue weighted by Gasteiger charge is -2.18. The molecule has 2 heterocycles. The van der Waals surface area contributed by atoms with Gasteiger partial charge >= 0.3 is 0 Å². The number of fused-ring (bicyclic) bond motifs is 5. The summed E-state index contributed by atoms with van der Waals surface area (Å²) in [7, 11) is 0. The number of hydrogen-bond donors (Lipinski definition) is 1. The van der Waals surface area contributed by atoms with Crippen LogP contribution in [-0.4, -0.2) is 10.1 Å². The molecule has 0 aliphatic heterocycles. The van der Waals surface area contributed by atoms with Gasteiger partial charge in [0.05, 0.1) is 4.70 Å². The van der Waals surface area contributed by atoms with Gasteiger partial charge in [0.25, 0.3) is 0 Å². The molecule has 0 spiro atoms. The second kappa shape index (κ2) is 5.18. The molecule has 0 saturated carbocycles. The maximum absolute atomic E-state index is 10.1. The fourth-order valence-corrected chi connectivity index (χ4v) is 4.69. The second-order valence-corrected chi connectivity index (χ2v) is 8.85. The number of hydrogen-bond acceptors (Lipinski definition) is 3. The molecule has 24 heavy (non-hydrogen) atoms.